The molecule has 10 heterocycles. The number of aromatic nitrogens is 10. The Kier molecular flexibility index (Phi) is 29.1. The quantitative estimate of drug-likeness (QED) is 0.0482. The first-order valence-corrected chi connectivity index (χ1v) is 43.2. The van der Waals surface area contributed by atoms with Gasteiger partial charge < -0.3 is 86.9 Å². The van der Waals surface area contributed by atoms with Gasteiger partial charge in [-0.25, -0.2) is 49.8 Å². The zero-order valence-electron chi connectivity index (χ0n) is 66.5. The van der Waals surface area contributed by atoms with Gasteiger partial charge in [0.25, 0.3) is 0 Å². The van der Waals surface area contributed by atoms with Gasteiger partial charge in [-0.1, -0.05) is 214 Å². The number of β-amino-alcohol motifs (C(OH)–C–C–N with tert-alkyl or cyclic N) is 1. The summed E-state index contributed by atoms with van der Waals surface area (Å²) < 4.78 is 0. The molecule has 0 amide bonds. The molecule has 1 saturated carbocycles. The molecule has 5 aromatic heterocycles. The maximum atomic E-state index is 10.4. The summed E-state index contributed by atoms with van der Waals surface area (Å²) in [5, 5.41) is 14.8. The van der Waals surface area contributed by atoms with Crippen LogP contribution in [0.5, 0.6) is 0 Å². The molecule has 6 aromatic carbocycles. The second-order valence-electron chi connectivity index (χ2n) is 31.5. The van der Waals surface area contributed by atoms with Crippen molar-refractivity contribution in [3.8, 4) is 56.3 Å². The first-order valence-electron chi connectivity index (χ1n) is 39.4. The Morgan fingerprint density at radius 1 is 0.372 bits per heavy atom. The number of fused-ring (bicyclic) bond motifs is 1. The predicted molar refractivity (Wildman–Crippen MR) is 499 cm³/mol. The van der Waals surface area contributed by atoms with E-state index in [1.807, 2.05) is 66.4 Å². The van der Waals surface area contributed by atoms with Crippen molar-refractivity contribution in [2.75, 3.05) is 138 Å². The van der Waals surface area contributed by atoms with E-state index >= 15 is 0 Å². The second kappa shape index (κ2) is 39.1. The summed E-state index contributed by atoms with van der Waals surface area (Å²) in [6.45, 7) is 14.1. The molecule has 36 heteroatoms. The van der Waals surface area contributed by atoms with Crippen molar-refractivity contribution in [3.05, 3.63) is 208 Å². The summed E-state index contributed by atoms with van der Waals surface area (Å²) in [6, 6.07) is 37.7. The van der Waals surface area contributed by atoms with Gasteiger partial charge in [-0.15, -0.1) is 0 Å². The predicted octanol–water partition coefficient (Wildman–Crippen LogP) is 15.7. The molecule has 636 valence electrons. The first kappa shape index (κ1) is 90.1. The number of halogens is 10. The van der Waals surface area contributed by atoms with Gasteiger partial charge in [0, 0.05) is 129 Å². The van der Waals surface area contributed by atoms with Gasteiger partial charge in [-0.05, 0) is 106 Å². The molecule has 17 rings (SSSR count). The zero-order valence-corrected chi connectivity index (χ0v) is 74.0. The number of aliphatic hydroxyl groups is 1. The third kappa shape index (κ3) is 20.4. The molecule has 0 bridgehead atoms. The fourth-order valence-corrected chi connectivity index (χ4v) is 17.5. The van der Waals surface area contributed by atoms with Crippen LogP contribution in [0.2, 0.25) is 50.2 Å². The van der Waals surface area contributed by atoms with Crippen molar-refractivity contribution >= 4 is 174 Å². The molecule has 2 unspecified atom stereocenters. The van der Waals surface area contributed by atoms with Crippen LogP contribution in [-0.4, -0.2) is 158 Å². The molecule has 0 radical (unpaired) electrons. The van der Waals surface area contributed by atoms with Gasteiger partial charge in [0.15, 0.2) is 29.1 Å². The van der Waals surface area contributed by atoms with Crippen LogP contribution >= 0.6 is 116 Å². The van der Waals surface area contributed by atoms with Crippen molar-refractivity contribution in [1.29, 1.82) is 0 Å². The highest BCUT2D eigenvalue weighted by Crippen LogP contribution is 2.47. The maximum absolute atomic E-state index is 10.4. The third-order valence-electron chi connectivity index (χ3n) is 23.5. The van der Waals surface area contributed by atoms with Crippen molar-refractivity contribution in [3.63, 3.8) is 0 Å². The van der Waals surface area contributed by atoms with Crippen LogP contribution in [0.4, 0.5) is 58.2 Å². The monoisotopic (exact) mass is 1830 g/mol. The summed E-state index contributed by atoms with van der Waals surface area (Å²) in [7, 11) is 0. The Bertz CT molecular complexity index is 5380. The summed E-state index contributed by atoms with van der Waals surface area (Å²) in [5.41, 5.74) is 67.4. The van der Waals surface area contributed by atoms with Gasteiger partial charge in [-0.3, -0.25) is 0 Å². The Labute approximate surface area is 753 Å². The number of nitrogens with zero attached hydrogens (tertiary/aromatic N) is 15. The van der Waals surface area contributed by atoms with Gasteiger partial charge >= 0.3 is 0 Å². The van der Waals surface area contributed by atoms with Gasteiger partial charge in [0.1, 0.15) is 57.6 Å². The number of anilines is 10. The second-order valence-corrected chi connectivity index (χ2v) is 35.4. The average molecular weight is 1840 g/mol. The largest absolute Gasteiger partial charge is 0.391 e. The highest BCUT2D eigenvalue weighted by atomic mass is 35.5. The summed E-state index contributed by atoms with van der Waals surface area (Å²) in [6.07, 6.45) is 13.6. The highest BCUT2D eigenvalue weighted by molar-refractivity contribution is 6.46. The zero-order chi connectivity index (χ0) is 86.4. The topological polar surface area (TPSA) is 426 Å². The molecule has 21 N–H and O–H groups in total. The lowest BCUT2D eigenvalue weighted by atomic mass is 9.73. The molecular weight excluding hydrogens is 1740 g/mol. The normalized spacial score (nSPS) is 20.0. The fourth-order valence-electron chi connectivity index (χ4n) is 15.5. The minimum atomic E-state index is -0.531. The summed E-state index contributed by atoms with van der Waals surface area (Å²) in [5.74, 6) is 7.04. The number of hydrogen-bond acceptors (Lipinski definition) is 26. The van der Waals surface area contributed by atoms with E-state index in [0.29, 0.717) is 186 Å². The van der Waals surface area contributed by atoms with Crippen LogP contribution in [0.15, 0.2) is 152 Å². The smallest absolute Gasteiger partial charge is 0.152 e. The molecule has 11 aromatic rings. The van der Waals surface area contributed by atoms with E-state index in [9.17, 15) is 5.11 Å². The number of rotatable bonds is 14. The number of nitrogens with two attached hydrogens (primary N) is 10. The fraction of sp³-hybridized carbons (Fsp3) is 0.341. The van der Waals surface area contributed by atoms with Crippen molar-refractivity contribution in [1.82, 2.24) is 49.8 Å². The Morgan fingerprint density at radius 3 is 0.992 bits per heavy atom. The van der Waals surface area contributed by atoms with Crippen LogP contribution in [0.25, 0.3) is 56.3 Å². The van der Waals surface area contributed by atoms with Crippen LogP contribution in [0.3, 0.4) is 0 Å². The standard InChI is InChI=1S/C22H23Cl2N5.C17H21Cl2N5O.C16H19Cl2N5.C15H15Cl2N5.C15H17Cl2N5/c23-17-8-4-7-16(19(17)24)20-21(26)28-18(13-27-20)29-11-9-22(14-25,10-12-29)15-5-2-1-3-6-15;1-17(9-20)5-6-24(8-12(17)25)13-7-22-15(16(21)23-13)10-3-2-4-11(18)14(10)19;1-16(20)5-7-23(8-6-16)12-9-21-14(15(19)22-12)10-3-2-4-11(17)13(10)18;16-10-3-1-2-7(12(10)17)14-15(19)21-11(4-20-14)22-5-8-9(6-22)13(8)18;16-11-3-1-2-10(13(11)17)14-15(19)21-12(7-20-14)22-5-4-9(6-18)8-22/h1-8,13H,9-12,14,25H2,(H2,26,28);2-4,7,12,25H,5-6,8-9,20H2,1H3,(H2,21,23);2-4,9H,5-8,20H2,1H3,(H2,19,22);1-4,8-9,13H,5-6,18H2,(H2,19,21);1-3,7,9H,4-6,8,18H2,(H2,19,21)/t;12-,17-;;;9-/m.1..1/s1. The van der Waals surface area contributed by atoms with Crippen molar-refractivity contribution in [2.45, 2.75) is 75.5 Å². The minimum absolute atomic E-state index is 0.00495. The van der Waals surface area contributed by atoms with Crippen LogP contribution in [0.1, 0.15) is 57.9 Å². The molecule has 6 aliphatic rings. The molecule has 6 fully saturated rings. The summed E-state index contributed by atoms with van der Waals surface area (Å²) in [4.78, 5) is 55.5. The minimum Gasteiger partial charge on any atom is -0.391 e. The number of piperidine rings is 4. The molecule has 0 spiro atoms. The molecule has 5 atom stereocenters. The number of nitrogen functional groups attached to an aromatic ring is 5. The van der Waals surface area contributed by atoms with Crippen molar-refractivity contribution < 1.29 is 5.11 Å². The first-order chi connectivity index (χ1) is 57.9. The molecular formula is C85H95Cl10N25O. The number of benzene rings is 6. The molecule has 5 aliphatic heterocycles. The van der Waals surface area contributed by atoms with E-state index in [2.05, 4.69) is 101 Å². The average Bonchev–Trinajstić information content (AvgIpc) is 1.59. The van der Waals surface area contributed by atoms with Crippen LogP contribution in [-0.2, 0) is 5.41 Å². The molecule has 1 aliphatic carbocycles. The lowest BCUT2D eigenvalue weighted by molar-refractivity contribution is 0.0278. The van der Waals surface area contributed by atoms with Gasteiger partial charge in [-0.2, -0.15) is 0 Å². The number of hydrogen-bond donors (Lipinski definition) is 11. The van der Waals surface area contributed by atoms with Gasteiger partial charge in [0.2, 0.25) is 0 Å². The molecule has 121 heavy (non-hydrogen) atoms. The van der Waals surface area contributed by atoms with E-state index in [0.717, 1.165) is 121 Å². The summed E-state index contributed by atoms with van der Waals surface area (Å²) >= 11 is 61.6. The van der Waals surface area contributed by atoms with Crippen LogP contribution in [0, 0.1) is 23.2 Å². The highest BCUT2D eigenvalue weighted by Gasteiger charge is 2.54. The maximum Gasteiger partial charge on any atom is 0.152 e. The molecule has 5 saturated heterocycles. The number of aliphatic hydroxyl groups excluding tert-OH is 1. The Balaban J connectivity index is 0.000000131. The Hall–Kier alpha value is -8.62. The van der Waals surface area contributed by atoms with E-state index < -0.39 is 6.10 Å². The van der Waals surface area contributed by atoms with Crippen molar-refractivity contribution in [2.24, 2.45) is 51.8 Å². The SMILES string of the molecule is CC1(N)CCN(c2cnc(-c3cccc(Cl)c3Cl)c(N)n2)CC1.C[C@]1(CN)CCN(c2cnc(-c3cccc(Cl)c3Cl)c(N)n2)C[C@H]1O.NCC1(c2ccccc2)CCN(c2cnc(-c3cccc(Cl)c3Cl)c(N)n2)CC1.NC[C@H]1CCN(c2cnc(-c3cccc(Cl)c3Cl)c(N)n2)C1.Nc1nc(N2CC3C(N)C3C2)cnc1-c1cccc(Cl)c1Cl. The van der Waals surface area contributed by atoms with E-state index in [4.69, 9.17) is 173 Å². The van der Waals surface area contributed by atoms with E-state index in [-0.39, 0.29) is 22.2 Å². The lowest BCUT2D eigenvalue weighted by Crippen LogP contribution is -2.53. The lowest BCUT2D eigenvalue weighted by Gasteiger charge is -2.43. The van der Waals surface area contributed by atoms with Gasteiger partial charge in [0.05, 0.1) is 87.3 Å². The van der Waals surface area contributed by atoms with E-state index in [1.54, 1.807) is 73.4 Å². The van der Waals surface area contributed by atoms with Crippen LogP contribution < -0.4 is 81.8 Å². The third-order valence-corrected chi connectivity index (χ3v) is 27.6. The molecule has 26 nitrogen and oxygen atoms in total. The Morgan fingerprint density at radius 2 is 0.686 bits per heavy atom. The van der Waals surface area contributed by atoms with E-state index in [1.165, 1.54) is 5.56 Å².